The third kappa shape index (κ3) is 3.53. The van der Waals surface area contributed by atoms with E-state index in [0.29, 0.717) is 12.5 Å². The van der Waals surface area contributed by atoms with Gasteiger partial charge in [-0.05, 0) is 31.2 Å². The van der Waals surface area contributed by atoms with Gasteiger partial charge in [0.25, 0.3) is 0 Å². The number of fused-ring (bicyclic) bond motifs is 2. The Morgan fingerprint density at radius 1 is 1.24 bits per heavy atom. The number of hydrogen-bond acceptors (Lipinski definition) is 6. The first kappa shape index (κ1) is 16.5. The molecular formula is C16H20N4O4S. The van der Waals surface area contributed by atoms with Gasteiger partial charge in [-0.3, -0.25) is 4.55 Å². The van der Waals surface area contributed by atoms with E-state index in [9.17, 15) is 4.21 Å². The first-order chi connectivity index (χ1) is 12.2. The smallest absolute Gasteiger partial charge is 0.231 e. The van der Waals surface area contributed by atoms with Gasteiger partial charge in [0.05, 0.1) is 5.52 Å². The maximum absolute atomic E-state index is 10.6. The van der Waals surface area contributed by atoms with Crippen molar-refractivity contribution in [3.8, 4) is 11.5 Å². The third-order valence-corrected chi connectivity index (χ3v) is 5.25. The summed E-state index contributed by atoms with van der Waals surface area (Å²) >= 11 is -1.92. The van der Waals surface area contributed by atoms with Gasteiger partial charge in [-0.25, -0.2) is 18.9 Å². The summed E-state index contributed by atoms with van der Waals surface area (Å²) in [6.07, 6.45) is 4.57. The molecule has 0 bridgehead atoms. The van der Waals surface area contributed by atoms with Crippen LogP contribution in [-0.2, 0) is 11.3 Å². The Hall–Kier alpha value is -1.97. The van der Waals surface area contributed by atoms with E-state index in [-0.39, 0.29) is 6.79 Å². The normalized spacial score (nSPS) is 18.7. The van der Waals surface area contributed by atoms with Crippen molar-refractivity contribution in [2.24, 2.45) is 5.92 Å². The van der Waals surface area contributed by atoms with Crippen molar-refractivity contribution in [2.45, 2.75) is 19.3 Å². The number of nitrogens with one attached hydrogen (secondary N) is 1. The van der Waals surface area contributed by atoms with Crippen LogP contribution < -0.4 is 19.1 Å². The van der Waals surface area contributed by atoms with Crippen LogP contribution in [0.2, 0.25) is 0 Å². The summed E-state index contributed by atoms with van der Waals surface area (Å²) in [7, 11) is 0. The van der Waals surface area contributed by atoms with E-state index in [1.165, 1.54) is 0 Å². The van der Waals surface area contributed by atoms with Gasteiger partial charge in [-0.1, -0.05) is 0 Å². The lowest BCUT2D eigenvalue weighted by molar-refractivity contribution is 0.174. The van der Waals surface area contributed by atoms with Crippen molar-refractivity contribution >= 4 is 28.0 Å². The van der Waals surface area contributed by atoms with E-state index in [1.54, 1.807) is 6.33 Å². The fraction of sp³-hybridized carbons (Fsp3) is 0.500. The summed E-state index contributed by atoms with van der Waals surface area (Å²) in [6, 6.07) is 3.86. The molecule has 1 saturated heterocycles. The highest BCUT2D eigenvalue weighted by Gasteiger charge is 2.23. The molecule has 1 aromatic heterocycles. The number of rotatable bonds is 5. The quantitative estimate of drug-likeness (QED) is 0.779. The minimum Gasteiger partial charge on any atom is -0.454 e. The monoisotopic (exact) mass is 364 g/mol. The molecule has 0 radical (unpaired) electrons. The molecule has 1 fully saturated rings. The summed E-state index contributed by atoms with van der Waals surface area (Å²) in [6.45, 7) is 2.63. The molecule has 4 rings (SSSR count). The topological polar surface area (TPSA) is 96.8 Å². The Morgan fingerprint density at radius 2 is 2.00 bits per heavy atom. The van der Waals surface area contributed by atoms with Gasteiger partial charge < -0.3 is 14.4 Å². The second-order valence-corrected chi connectivity index (χ2v) is 7.07. The van der Waals surface area contributed by atoms with E-state index in [1.807, 2.05) is 12.1 Å². The Morgan fingerprint density at radius 3 is 2.76 bits per heavy atom. The van der Waals surface area contributed by atoms with Crippen LogP contribution in [0.3, 0.4) is 0 Å². The molecule has 2 aliphatic heterocycles. The van der Waals surface area contributed by atoms with Crippen LogP contribution in [-0.4, -0.2) is 45.2 Å². The van der Waals surface area contributed by atoms with Crippen molar-refractivity contribution in [1.29, 1.82) is 0 Å². The van der Waals surface area contributed by atoms with E-state index < -0.39 is 11.3 Å². The number of nitrogens with zero attached hydrogens (tertiary/aromatic N) is 3. The second kappa shape index (κ2) is 7.11. The zero-order valence-corrected chi connectivity index (χ0v) is 14.5. The van der Waals surface area contributed by atoms with Gasteiger partial charge in [-0.2, -0.15) is 0 Å². The van der Waals surface area contributed by atoms with Crippen molar-refractivity contribution in [3.05, 3.63) is 18.5 Å². The predicted octanol–water partition coefficient (Wildman–Crippen LogP) is 1.69. The molecule has 3 heterocycles. The molecule has 25 heavy (non-hydrogen) atoms. The van der Waals surface area contributed by atoms with Gasteiger partial charge in [0.15, 0.2) is 11.5 Å². The average Bonchev–Trinajstić information content (AvgIpc) is 3.07. The number of anilines is 1. The Kier molecular flexibility index (Phi) is 4.69. The first-order valence-corrected chi connectivity index (χ1v) is 9.45. The van der Waals surface area contributed by atoms with Gasteiger partial charge in [0, 0.05) is 31.1 Å². The van der Waals surface area contributed by atoms with Crippen molar-refractivity contribution in [3.63, 3.8) is 0 Å². The molecule has 1 aromatic carbocycles. The summed E-state index contributed by atoms with van der Waals surface area (Å²) in [5.74, 6) is 2.95. The van der Waals surface area contributed by atoms with Crippen LogP contribution in [0.4, 0.5) is 5.82 Å². The third-order valence-electron chi connectivity index (χ3n) is 4.80. The zero-order chi connectivity index (χ0) is 17.2. The van der Waals surface area contributed by atoms with Crippen molar-refractivity contribution in [2.75, 3.05) is 31.3 Å². The number of piperidine rings is 1. The van der Waals surface area contributed by atoms with Crippen LogP contribution in [0, 0.1) is 5.92 Å². The van der Waals surface area contributed by atoms with Gasteiger partial charge in [0.2, 0.25) is 18.1 Å². The fourth-order valence-corrected chi connectivity index (χ4v) is 3.76. The Labute approximate surface area is 148 Å². The predicted molar refractivity (Wildman–Crippen MR) is 94.0 cm³/mol. The van der Waals surface area contributed by atoms with Gasteiger partial charge in [0.1, 0.15) is 12.1 Å². The molecule has 2 N–H and O–H groups in total. The van der Waals surface area contributed by atoms with Crippen LogP contribution in [0.25, 0.3) is 10.9 Å². The molecule has 8 nitrogen and oxygen atoms in total. The zero-order valence-electron chi connectivity index (χ0n) is 13.7. The number of aromatic nitrogens is 2. The van der Waals surface area contributed by atoms with E-state index in [2.05, 4.69) is 19.6 Å². The summed E-state index contributed by atoms with van der Waals surface area (Å²) in [4.78, 5) is 11.1. The van der Waals surface area contributed by atoms with E-state index in [4.69, 9.17) is 14.0 Å². The standard InChI is InChI=1S/C16H20N4O4S/c21-25(22)19-4-1-11-2-5-20(6-3-11)16-12-7-14-15(24-10-23-14)8-13(12)17-9-18-16/h7-9,11,19H,1-6,10H2,(H,21,22). The Balaban J connectivity index is 1.47. The minimum atomic E-state index is -1.92. The first-order valence-electron chi connectivity index (χ1n) is 8.34. The number of benzene rings is 1. The lowest BCUT2D eigenvalue weighted by Gasteiger charge is -2.33. The molecule has 1 atom stereocenters. The molecule has 1 unspecified atom stereocenters. The molecule has 2 aromatic rings. The van der Waals surface area contributed by atoms with Gasteiger partial charge >= 0.3 is 0 Å². The SMILES string of the molecule is O=S(O)NCCC1CCN(c2ncnc3cc4c(cc23)OCO4)CC1. The fourth-order valence-electron chi connectivity index (χ4n) is 3.47. The molecule has 0 aliphatic carbocycles. The van der Waals surface area contributed by atoms with Crippen LogP contribution >= 0.6 is 0 Å². The summed E-state index contributed by atoms with van der Waals surface area (Å²) in [5, 5.41) is 0.975. The highest BCUT2D eigenvalue weighted by Crippen LogP contribution is 2.38. The van der Waals surface area contributed by atoms with Crippen LogP contribution in [0.5, 0.6) is 11.5 Å². The maximum Gasteiger partial charge on any atom is 0.231 e. The number of hydrogen-bond donors (Lipinski definition) is 2. The molecule has 0 spiro atoms. The second-order valence-electron chi connectivity index (χ2n) is 6.28. The summed E-state index contributed by atoms with van der Waals surface area (Å²) in [5.41, 5.74) is 0.853. The molecule has 0 amide bonds. The van der Waals surface area contributed by atoms with Gasteiger partial charge in [-0.15, -0.1) is 0 Å². The molecule has 134 valence electrons. The largest absolute Gasteiger partial charge is 0.454 e. The van der Waals surface area contributed by atoms with E-state index in [0.717, 1.165) is 60.6 Å². The number of ether oxygens (including phenoxy) is 2. The molecular weight excluding hydrogens is 344 g/mol. The van der Waals surface area contributed by atoms with Crippen molar-refractivity contribution in [1.82, 2.24) is 14.7 Å². The maximum atomic E-state index is 10.6. The van der Waals surface area contributed by atoms with E-state index >= 15 is 0 Å². The molecule has 0 saturated carbocycles. The highest BCUT2D eigenvalue weighted by molar-refractivity contribution is 7.77. The van der Waals surface area contributed by atoms with Crippen LogP contribution in [0.1, 0.15) is 19.3 Å². The summed E-state index contributed by atoms with van der Waals surface area (Å²) < 4.78 is 32.9. The molecule has 9 heteroatoms. The Bertz CT molecular complexity index is 795. The van der Waals surface area contributed by atoms with Crippen molar-refractivity contribution < 1.29 is 18.2 Å². The average molecular weight is 364 g/mol. The highest BCUT2D eigenvalue weighted by atomic mass is 32.2. The minimum absolute atomic E-state index is 0.243. The van der Waals surface area contributed by atoms with Crippen LogP contribution in [0.15, 0.2) is 18.5 Å². The molecule has 2 aliphatic rings. The lowest BCUT2D eigenvalue weighted by atomic mass is 9.93. The lowest BCUT2D eigenvalue weighted by Crippen LogP contribution is -2.35.